The zero-order valence-electron chi connectivity index (χ0n) is 16.9. The van der Waals surface area contributed by atoms with Crippen molar-refractivity contribution in [1.29, 1.82) is 0 Å². The molecule has 0 bridgehead atoms. The molecule has 7 heteroatoms. The normalized spacial score (nSPS) is 11.4. The quantitative estimate of drug-likeness (QED) is 0.513. The SMILES string of the molecule is CC(C)(C)c1ccc(OCc2ccc(C(=O)Nc3ccccc3OC(F)F)o2)cc1. The van der Waals surface area contributed by atoms with Crippen LogP contribution in [0.5, 0.6) is 11.5 Å². The van der Waals surface area contributed by atoms with Gasteiger partial charge in [-0.05, 0) is 47.4 Å². The summed E-state index contributed by atoms with van der Waals surface area (Å²) < 4.78 is 40.6. The van der Waals surface area contributed by atoms with E-state index in [0.717, 1.165) is 0 Å². The zero-order valence-corrected chi connectivity index (χ0v) is 16.9. The van der Waals surface area contributed by atoms with Crippen molar-refractivity contribution in [1.82, 2.24) is 0 Å². The van der Waals surface area contributed by atoms with Crippen molar-refractivity contribution in [3.05, 3.63) is 77.7 Å². The van der Waals surface area contributed by atoms with Crippen LogP contribution in [0.15, 0.2) is 65.1 Å². The van der Waals surface area contributed by atoms with Gasteiger partial charge in [0.05, 0.1) is 5.69 Å². The smallest absolute Gasteiger partial charge is 0.387 e. The molecule has 0 unspecified atom stereocenters. The van der Waals surface area contributed by atoms with E-state index in [9.17, 15) is 13.6 Å². The number of amides is 1. The average molecular weight is 415 g/mol. The highest BCUT2D eigenvalue weighted by Crippen LogP contribution is 2.27. The molecule has 3 aromatic rings. The molecule has 30 heavy (non-hydrogen) atoms. The highest BCUT2D eigenvalue weighted by Gasteiger charge is 2.16. The molecular weight excluding hydrogens is 392 g/mol. The first-order valence-corrected chi connectivity index (χ1v) is 9.39. The number of benzene rings is 2. The predicted molar refractivity (Wildman–Crippen MR) is 109 cm³/mol. The first-order valence-electron chi connectivity index (χ1n) is 9.39. The Labute approximate surface area is 173 Å². The van der Waals surface area contributed by atoms with Gasteiger partial charge in [-0.1, -0.05) is 45.0 Å². The van der Waals surface area contributed by atoms with Gasteiger partial charge in [0, 0.05) is 0 Å². The van der Waals surface area contributed by atoms with Crippen LogP contribution >= 0.6 is 0 Å². The summed E-state index contributed by atoms with van der Waals surface area (Å²) in [6.07, 6.45) is 0. The van der Waals surface area contributed by atoms with Gasteiger partial charge < -0.3 is 19.2 Å². The maximum Gasteiger partial charge on any atom is 0.387 e. The van der Waals surface area contributed by atoms with E-state index in [1.807, 2.05) is 24.3 Å². The summed E-state index contributed by atoms with van der Waals surface area (Å²) >= 11 is 0. The van der Waals surface area contributed by atoms with Gasteiger partial charge in [0.1, 0.15) is 23.9 Å². The topological polar surface area (TPSA) is 60.7 Å². The Balaban J connectivity index is 1.60. The molecule has 0 atom stereocenters. The van der Waals surface area contributed by atoms with E-state index in [-0.39, 0.29) is 29.2 Å². The van der Waals surface area contributed by atoms with Crippen LogP contribution in [0.1, 0.15) is 42.6 Å². The number of carbonyl (C=O) groups excluding carboxylic acids is 1. The van der Waals surface area contributed by atoms with E-state index in [1.54, 1.807) is 12.1 Å². The fraction of sp³-hybridized carbons (Fsp3) is 0.261. The average Bonchev–Trinajstić information content (AvgIpc) is 3.16. The first kappa shape index (κ1) is 21.4. The van der Waals surface area contributed by atoms with Gasteiger partial charge in [0.25, 0.3) is 5.91 Å². The number of carbonyl (C=O) groups is 1. The minimum absolute atomic E-state index is 0.0310. The van der Waals surface area contributed by atoms with Crippen LogP contribution in [0.25, 0.3) is 0 Å². The highest BCUT2D eigenvalue weighted by atomic mass is 19.3. The molecule has 3 rings (SSSR count). The lowest BCUT2D eigenvalue weighted by Gasteiger charge is -2.19. The van der Waals surface area contributed by atoms with Crippen molar-refractivity contribution >= 4 is 11.6 Å². The molecule has 0 aliphatic heterocycles. The molecule has 5 nitrogen and oxygen atoms in total. The minimum atomic E-state index is -2.99. The van der Waals surface area contributed by atoms with Crippen LogP contribution < -0.4 is 14.8 Å². The van der Waals surface area contributed by atoms with Crippen molar-refractivity contribution in [2.45, 2.75) is 39.4 Å². The molecule has 0 aliphatic carbocycles. The van der Waals surface area contributed by atoms with Crippen molar-refractivity contribution in [3.63, 3.8) is 0 Å². The van der Waals surface area contributed by atoms with Gasteiger partial charge in [-0.3, -0.25) is 4.79 Å². The van der Waals surface area contributed by atoms with Gasteiger partial charge in [-0.2, -0.15) is 8.78 Å². The molecule has 0 saturated heterocycles. The number of nitrogens with one attached hydrogen (secondary N) is 1. The second-order valence-corrected chi connectivity index (χ2v) is 7.66. The van der Waals surface area contributed by atoms with Crippen LogP contribution in [-0.2, 0) is 12.0 Å². The molecule has 2 aromatic carbocycles. The van der Waals surface area contributed by atoms with Crippen LogP contribution in [0.4, 0.5) is 14.5 Å². The first-order chi connectivity index (χ1) is 14.2. The Morgan fingerprint density at radius 1 is 1.03 bits per heavy atom. The van der Waals surface area contributed by atoms with E-state index in [1.165, 1.54) is 29.8 Å². The number of furan rings is 1. The fourth-order valence-corrected chi connectivity index (χ4v) is 2.74. The van der Waals surface area contributed by atoms with Crippen molar-refractivity contribution in [3.8, 4) is 11.5 Å². The van der Waals surface area contributed by atoms with Crippen LogP contribution in [0.3, 0.4) is 0 Å². The number of hydrogen-bond acceptors (Lipinski definition) is 4. The molecule has 1 N–H and O–H groups in total. The molecule has 0 aliphatic rings. The lowest BCUT2D eigenvalue weighted by Crippen LogP contribution is -2.13. The Morgan fingerprint density at radius 2 is 1.73 bits per heavy atom. The number of rotatable bonds is 7. The summed E-state index contributed by atoms with van der Waals surface area (Å²) in [7, 11) is 0. The Morgan fingerprint density at radius 3 is 2.40 bits per heavy atom. The summed E-state index contributed by atoms with van der Waals surface area (Å²) in [6.45, 7) is 3.56. The van der Waals surface area contributed by atoms with Crippen LogP contribution in [0.2, 0.25) is 0 Å². The third-order valence-electron chi connectivity index (χ3n) is 4.34. The van der Waals surface area contributed by atoms with Crippen molar-refractivity contribution in [2.75, 3.05) is 5.32 Å². The molecule has 0 saturated carbocycles. The maximum absolute atomic E-state index is 12.5. The fourth-order valence-electron chi connectivity index (χ4n) is 2.74. The van der Waals surface area contributed by atoms with Gasteiger partial charge in [0.2, 0.25) is 0 Å². The monoisotopic (exact) mass is 415 g/mol. The van der Waals surface area contributed by atoms with Crippen LogP contribution in [-0.4, -0.2) is 12.5 Å². The summed E-state index contributed by atoms with van der Waals surface area (Å²) in [4.78, 5) is 12.4. The lowest BCUT2D eigenvalue weighted by atomic mass is 9.87. The Bertz CT molecular complexity index is 991. The second-order valence-electron chi connectivity index (χ2n) is 7.66. The third kappa shape index (κ3) is 5.59. The van der Waals surface area contributed by atoms with E-state index in [4.69, 9.17) is 9.15 Å². The molecule has 1 amide bonds. The molecule has 1 aromatic heterocycles. The van der Waals surface area contributed by atoms with Crippen molar-refractivity contribution in [2.24, 2.45) is 0 Å². The van der Waals surface area contributed by atoms with Crippen LogP contribution in [0, 0.1) is 0 Å². The highest BCUT2D eigenvalue weighted by molar-refractivity contribution is 6.03. The molecule has 0 fully saturated rings. The van der Waals surface area contributed by atoms with E-state index in [2.05, 4.69) is 30.8 Å². The largest absolute Gasteiger partial charge is 0.486 e. The summed E-state index contributed by atoms with van der Waals surface area (Å²) in [5.74, 6) is 0.458. The number of alkyl halides is 2. The zero-order chi connectivity index (χ0) is 21.7. The van der Waals surface area contributed by atoms with Gasteiger partial charge in [-0.15, -0.1) is 0 Å². The van der Waals surface area contributed by atoms with E-state index < -0.39 is 12.5 Å². The summed E-state index contributed by atoms with van der Waals surface area (Å²) in [5, 5.41) is 2.51. The van der Waals surface area contributed by atoms with E-state index in [0.29, 0.717) is 11.5 Å². The number of anilines is 1. The number of hydrogen-bond donors (Lipinski definition) is 1. The third-order valence-corrected chi connectivity index (χ3v) is 4.34. The molecule has 0 spiro atoms. The van der Waals surface area contributed by atoms with Gasteiger partial charge in [0.15, 0.2) is 5.76 Å². The molecule has 158 valence electrons. The molecule has 0 radical (unpaired) electrons. The molecular formula is C23H23F2NO4. The maximum atomic E-state index is 12.5. The number of ether oxygens (including phenoxy) is 2. The minimum Gasteiger partial charge on any atom is -0.486 e. The number of para-hydroxylation sites is 2. The summed E-state index contributed by atoms with van der Waals surface area (Å²) in [5.41, 5.74) is 1.37. The van der Waals surface area contributed by atoms with E-state index >= 15 is 0 Å². The Kier molecular flexibility index (Phi) is 6.40. The van der Waals surface area contributed by atoms with Crippen molar-refractivity contribution < 1.29 is 27.5 Å². The predicted octanol–water partition coefficient (Wildman–Crippen LogP) is 6.01. The second kappa shape index (κ2) is 8.98. The van der Waals surface area contributed by atoms with Gasteiger partial charge >= 0.3 is 6.61 Å². The van der Waals surface area contributed by atoms with Gasteiger partial charge in [-0.25, -0.2) is 0 Å². The lowest BCUT2D eigenvalue weighted by molar-refractivity contribution is -0.0493. The Hall–Kier alpha value is -3.35. The summed E-state index contributed by atoms with van der Waals surface area (Å²) in [6, 6.07) is 16.8. The number of halogens is 2. The molecule has 1 heterocycles. The standard InChI is InChI=1S/C23H23F2NO4/c1-23(2,3)15-8-10-16(11-9-15)28-14-17-12-13-20(29-17)21(27)26-18-6-4-5-7-19(18)30-22(24)25/h4-13,22H,14H2,1-3H3,(H,26,27).